The van der Waals surface area contributed by atoms with Crippen molar-refractivity contribution in [2.75, 3.05) is 6.54 Å². The molecule has 0 fully saturated rings. The summed E-state index contributed by atoms with van der Waals surface area (Å²) in [6.07, 6.45) is 9.78. The van der Waals surface area contributed by atoms with Crippen LogP contribution in [0, 0.1) is 0 Å². The minimum atomic E-state index is -3.63. The number of unbranched alkanes of at least 4 members (excludes halogenated alkanes) is 7. The molecule has 0 saturated carbocycles. The summed E-state index contributed by atoms with van der Waals surface area (Å²) in [7, 11) is -3.63. The summed E-state index contributed by atoms with van der Waals surface area (Å²) in [6, 6.07) is 2.64. The predicted octanol–water partition coefficient (Wildman–Crippen LogP) is 3.51. The van der Waals surface area contributed by atoms with Crippen LogP contribution in [0.2, 0.25) is 0 Å². The lowest BCUT2D eigenvalue weighted by Crippen LogP contribution is -2.24. The van der Waals surface area contributed by atoms with E-state index in [4.69, 9.17) is 4.42 Å². The molecule has 1 rings (SSSR count). The first-order valence-corrected chi connectivity index (χ1v) is 9.13. The molecule has 0 radical (unpaired) electrons. The van der Waals surface area contributed by atoms with Gasteiger partial charge in [-0.3, -0.25) is 4.79 Å². The molecule has 0 unspecified atom stereocenters. The summed E-state index contributed by atoms with van der Waals surface area (Å²) in [5.41, 5.74) is 0. The van der Waals surface area contributed by atoms with Crippen LogP contribution in [0.3, 0.4) is 0 Å². The first-order valence-electron chi connectivity index (χ1n) is 7.65. The number of furan rings is 1. The summed E-state index contributed by atoms with van der Waals surface area (Å²) >= 11 is 0. The maximum atomic E-state index is 11.8. The van der Waals surface area contributed by atoms with Crippen molar-refractivity contribution in [3.05, 3.63) is 17.9 Å². The van der Waals surface area contributed by atoms with Crippen molar-refractivity contribution in [2.45, 2.75) is 63.4 Å². The Labute approximate surface area is 127 Å². The molecule has 0 aliphatic rings. The third-order valence-electron chi connectivity index (χ3n) is 3.31. The van der Waals surface area contributed by atoms with E-state index < -0.39 is 10.0 Å². The standard InChI is InChI=1S/C15H25NO4S/c1-2-3-4-5-6-7-8-9-12-16-21(18,19)15-11-10-14(13-17)20-15/h10-11,13,16H,2-9,12H2,1H3. The summed E-state index contributed by atoms with van der Waals surface area (Å²) in [6.45, 7) is 2.59. The number of nitrogens with one attached hydrogen (secondary N) is 1. The second-order valence-corrected chi connectivity index (χ2v) is 6.85. The first-order chi connectivity index (χ1) is 10.1. The summed E-state index contributed by atoms with van der Waals surface area (Å²) in [4.78, 5) is 10.5. The van der Waals surface area contributed by atoms with E-state index in [0.29, 0.717) is 12.8 Å². The van der Waals surface area contributed by atoms with Crippen molar-refractivity contribution in [1.82, 2.24) is 4.72 Å². The fraction of sp³-hybridized carbons (Fsp3) is 0.667. The van der Waals surface area contributed by atoms with Crippen molar-refractivity contribution >= 4 is 16.3 Å². The van der Waals surface area contributed by atoms with Crippen LogP contribution in [-0.4, -0.2) is 21.2 Å². The van der Waals surface area contributed by atoms with Crippen molar-refractivity contribution in [2.24, 2.45) is 0 Å². The predicted molar refractivity (Wildman–Crippen MR) is 81.9 cm³/mol. The Kier molecular flexibility index (Phi) is 8.30. The Bertz CT molecular complexity index is 507. The molecule has 1 aromatic heterocycles. The summed E-state index contributed by atoms with van der Waals surface area (Å²) < 4.78 is 31.1. The van der Waals surface area contributed by atoms with Crippen LogP contribution in [0.1, 0.15) is 68.8 Å². The molecular weight excluding hydrogens is 290 g/mol. The normalized spacial score (nSPS) is 11.7. The molecule has 1 N–H and O–H groups in total. The highest BCUT2D eigenvalue weighted by molar-refractivity contribution is 7.89. The Morgan fingerprint density at radius 2 is 1.67 bits per heavy atom. The molecule has 0 aromatic carbocycles. The number of rotatable bonds is 12. The van der Waals surface area contributed by atoms with Gasteiger partial charge in [0.05, 0.1) is 0 Å². The molecule has 0 atom stereocenters. The van der Waals surface area contributed by atoms with E-state index in [1.54, 1.807) is 0 Å². The zero-order valence-electron chi connectivity index (χ0n) is 12.6. The lowest BCUT2D eigenvalue weighted by atomic mass is 10.1. The van der Waals surface area contributed by atoms with Crippen LogP contribution in [-0.2, 0) is 10.0 Å². The van der Waals surface area contributed by atoms with Gasteiger partial charge in [-0.2, -0.15) is 0 Å². The summed E-state index contributed by atoms with van der Waals surface area (Å²) in [5.74, 6) is 0.0162. The first kappa shape index (κ1) is 17.9. The van der Waals surface area contributed by atoms with E-state index in [9.17, 15) is 13.2 Å². The highest BCUT2D eigenvalue weighted by Gasteiger charge is 2.17. The average molecular weight is 315 g/mol. The Hall–Kier alpha value is -1.14. The van der Waals surface area contributed by atoms with E-state index >= 15 is 0 Å². The number of aldehydes is 1. The highest BCUT2D eigenvalue weighted by atomic mass is 32.2. The molecular formula is C15H25NO4S. The molecule has 1 heterocycles. The third kappa shape index (κ3) is 6.91. The largest absolute Gasteiger partial charge is 0.440 e. The molecule has 6 heteroatoms. The lowest BCUT2D eigenvalue weighted by molar-refractivity contribution is 0.109. The number of sulfonamides is 1. The molecule has 0 amide bonds. The number of carbonyl (C=O) groups excluding carboxylic acids is 1. The molecule has 5 nitrogen and oxygen atoms in total. The van der Waals surface area contributed by atoms with Crippen LogP contribution in [0.25, 0.3) is 0 Å². The van der Waals surface area contributed by atoms with Gasteiger partial charge in [0.2, 0.25) is 5.09 Å². The molecule has 0 saturated heterocycles. The van der Waals surface area contributed by atoms with Crippen molar-refractivity contribution in [3.8, 4) is 0 Å². The molecule has 0 aliphatic carbocycles. The van der Waals surface area contributed by atoms with Gasteiger partial charge < -0.3 is 4.42 Å². The smallest absolute Gasteiger partial charge is 0.273 e. The number of hydrogen-bond donors (Lipinski definition) is 1. The second-order valence-electron chi connectivity index (χ2n) is 5.15. The van der Waals surface area contributed by atoms with E-state index in [0.717, 1.165) is 19.3 Å². The van der Waals surface area contributed by atoms with E-state index in [2.05, 4.69) is 11.6 Å². The Morgan fingerprint density at radius 1 is 1.05 bits per heavy atom. The monoisotopic (exact) mass is 315 g/mol. The third-order valence-corrected chi connectivity index (χ3v) is 4.64. The van der Waals surface area contributed by atoms with E-state index in [-0.39, 0.29) is 10.9 Å². The van der Waals surface area contributed by atoms with Gasteiger partial charge in [-0.1, -0.05) is 51.9 Å². The van der Waals surface area contributed by atoms with Gasteiger partial charge in [0, 0.05) is 6.54 Å². The van der Waals surface area contributed by atoms with Crippen molar-refractivity contribution in [1.29, 1.82) is 0 Å². The van der Waals surface area contributed by atoms with Crippen LogP contribution < -0.4 is 4.72 Å². The molecule has 0 aliphatic heterocycles. The molecule has 1 aromatic rings. The van der Waals surface area contributed by atoms with Gasteiger partial charge in [-0.25, -0.2) is 13.1 Å². The Balaban J connectivity index is 2.15. The lowest BCUT2D eigenvalue weighted by Gasteiger charge is -2.04. The minimum Gasteiger partial charge on any atom is -0.440 e. The number of carbonyl (C=O) groups is 1. The molecule has 0 spiro atoms. The Morgan fingerprint density at radius 3 is 2.24 bits per heavy atom. The highest BCUT2D eigenvalue weighted by Crippen LogP contribution is 2.12. The van der Waals surface area contributed by atoms with Gasteiger partial charge in [0.15, 0.2) is 12.0 Å². The molecule has 120 valence electrons. The fourth-order valence-electron chi connectivity index (χ4n) is 2.08. The zero-order valence-corrected chi connectivity index (χ0v) is 13.5. The SMILES string of the molecule is CCCCCCCCCCNS(=O)(=O)c1ccc(C=O)o1. The minimum absolute atomic E-state index is 0.0162. The van der Waals surface area contributed by atoms with Crippen LogP contribution >= 0.6 is 0 Å². The number of hydrogen-bond acceptors (Lipinski definition) is 4. The zero-order chi connectivity index (χ0) is 15.6. The van der Waals surface area contributed by atoms with Gasteiger partial charge in [0.25, 0.3) is 10.0 Å². The van der Waals surface area contributed by atoms with Gasteiger partial charge >= 0.3 is 0 Å². The topological polar surface area (TPSA) is 76.4 Å². The van der Waals surface area contributed by atoms with Crippen molar-refractivity contribution < 1.29 is 17.6 Å². The van der Waals surface area contributed by atoms with Crippen LogP contribution in [0.15, 0.2) is 21.6 Å². The maximum absolute atomic E-state index is 11.8. The molecule has 0 bridgehead atoms. The van der Waals surface area contributed by atoms with Crippen LogP contribution in [0.5, 0.6) is 0 Å². The fourth-order valence-corrected chi connectivity index (χ4v) is 3.09. The van der Waals surface area contributed by atoms with E-state index in [1.807, 2.05) is 0 Å². The quantitative estimate of drug-likeness (QED) is 0.473. The second kappa shape index (κ2) is 9.73. The summed E-state index contributed by atoms with van der Waals surface area (Å²) in [5, 5.41) is -0.204. The average Bonchev–Trinajstić information content (AvgIpc) is 2.95. The molecule has 21 heavy (non-hydrogen) atoms. The van der Waals surface area contributed by atoms with Crippen LogP contribution in [0.4, 0.5) is 0 Å². The van der Waals surface area contributed by atoms with Gasteiger partial charge in [-0.15, -0.1) is 0 Å². The van der Waals surface area contributed by atoms with Gasteiger partial charge in [-0.05, 0) is 18.6 Å². The van der Waals surface area contributed by atoms with Gasteiger partial charge in [0.1, 0.15) is 0 Å². The van der Waals surface area contributed by atoms with Crippen molar-refractivity contribution in [3.63, 3.8) is 0 Å². The van der Waals surface area contributed by atoms with E-state index in [1.165, 1.54) is 44.2 Å². The maximum Gasteiger partial charge on any atom is 0.273 e.